The van der Waals surface area contributed by atoms with Crippen molar-refractivity contribution in [2.45, 2.75) is 39.7 Å². The molecule has 0 bridgehead atoms. The standard InChI is InChI=1S/C26H29FN4O/c1-4-19(12-24(27)18(2)3)17-31-11-8-20(13-25(31)32)23-16-29-26-22(23)14-21(15-28-26)30-9-6-5-7-10-30/h4,8,11-16H,1,5-7,9-10,17H2,2-3H3,(H,28,29)/b19-12+. The molecule has 0 aromatic carbocycles. The number of halogens is 1. The van der Waals surface area contributed by atoms with Crippen LogP contribution in [-0.2, 0) is 6.54 Å². The van der Waals surface area contributed by atoms with Crippen molar-refractivity contribution >= 4 is 16.7 Å². The molecule has 32 heavy (non-hydrogen) atoms. The van der Waals surface area contributed by atoms with Gasteiger partial charge in [-0.1, -0.05) is 12.7 Å². The van der Waals surface area contributed by atoms with E-state index in [0.717, 1.165) is 40.9 Å². The molecule has 4 rings (SSSR count). The number of anilines is 1. The van der Waals surface area contributed by atoms with E-state index in [9.17, 15) is 9.18 Å². The molecule has 4 heterocycles. The first-order valence-corrected chi connectivity index (χ1v) is 11.0. The molecule has 5 nitrogen and oxygen atoms in total. The number of H-pyrrole nitrogens is 1. The Labute approximate surface area is 187 Å². The number of aromatic nitrogens is 3. The van der Waals surface area contributed by atoms with E-state index >= 15 is 0 Å². The molecule has 3 aromatic heterocycles. The van der Waals surface area contributed by atoms with Crippen LogP contribution in [0.4, 0.5) is 10.1 Å². The summed E-state index contributed by atoms with van der Waals surface area (Å²) in [5, 5.41) is 1.00. The van der Waals surface area contributed by atoms with Crippen LogP contribution in [0.5, 0.6) is 0 Å². The minimum Gasteiger partial charge on any atom is -0.370 e. The second-order valence-electron chi connectivity index (χ2n) is 8.49. The van der Waals surface area contributed by atoms with Crippen LogP contribution < -0.4 is 10.5 Å². The van der Waals surface area contributed by atoms with Gasteiger partial charge in [-0.25, -0.2) is 9.37 Å². The molecule has 0 atom stereocenters. The van der Waals surface area contributed by atoms with Gasteiger partial charge in [0.2, 0.25) is 0 Å². The largest absolute Gasteiger partial charge is 0.370 e. The summed E-state index contributed by atoms with van der Waals surface area (Å²) in [4.78, 5) is 23.0. The molecule has 1 aliphatic heterocycles. The SMILES string of the molecule is C=C/C(=C\C(F)=C(C)C)Cn1ccc(-c2c[nH]c3ncc(N4CCCCC4)cc23)cc1=O. The summed E-state index contributed by atoms with van der Waals surface area (Å²) in [6.45, 7) is 9.53. The lowest BCUT2D eigenvalue weighted by atomic mass is 10.1. The molecular weight excluding hydrogens is 403 g/mol. The van der Waals surface area contributed by atoms with E-state index in [1.165, 1.54) is 25.3 Å². The third-order valence-corrected chi connectivity index (χ3v) is 5.95. The average molecular weight is 433 g/mol. The van der Waals surface area contributed by atoms with Crippen LogP contribution in [0.1, 0.15) is 33.1 Å². The van der Waals surface area contributed by atoms with Crippen molar-refractivity contribution in [3.63, 3.8) is 0 Å². The minimum atomic E-state index is -0.305. The molecule has 1 saturated heterocycles. The molecule has 1 aliphatic rings. The summed E-state index contributed by atoms with van der Waals surface area (Å²) in [6.07, 6.45) is 12.3. The molecule has 0 radical (unpaired) electrons. The zero-order chi connectivity index (χ0) is 22.7. The van der Waals surface area contributed by atoms with Gasteiger partial charge in [0.05, 0.1) is 18.4 Å². The number of hydrogen-bond donors (Lipinski definition) is 1. The van der Waals surface area contributed by atoms with E-state index in [1.54, 1.807) is 36.8 Å². The molecule has 166 valence electrons. The third-order valence-electron chi connectivity index (χ3n) is 5.95. The number of piperidine rings is 1. The van der Waals surface area contributed by atoms with Crippen LogP contribution in [0.25, 0.3) is 22.2 Å². The molecule has 0 saturated carbocycles. The van der Waals surface area contributed by atoms with Crippen LogP contribution in [0.3, 0.4) is 0 Å². The van der Waals surface area contributed by atoms with E-state index in [4.69, 9.17) is 0 Å². The second kappa shape index (κ2) is 9.39. The summed E-state index contributed by atoms with van der Waals surface area (Å²) in [5.74, 6) is -0.305. The van der Waals surface area contributed by atoms with E-state index in [-0.39, 0.29) is 17.9 Å². The van der Waals surface area contributed by atoms with Gasteiger partial charge in [0, 0.05) is 42.5 Å². The normalized spacial score (nSPS) is 14.6. The smallest absolute Gasteiger partial charge is 0.251 e. The number of pyridine rings is 2. The average Bonchev–Trinajstić information content (AvgIpc) is 3.23. The Balaban J connectivity index is 1.65. The maximum absolute atomic E-state index is 14.0. The Bertz CT molecular complexity index is 1250. The molecule has 0 aliphatic carbocycles. The number of hydrogen-bond acceptors (Lipinski definition) is 3. The quantitative estimate of drug-likeness (QED) is 0.504. The fourth-order valence-corrected chi connectivity index (χ4v) is 4.04. The first-order valence-electron chi connectivity index (χ1n) is 11.0. The van der Waals surface area contributed by atoms with Crippen molar-refractivity contribution in [3.05, 3.63) is 82.8 Å². The van der Waals surface area contributed by atoms with Crippen molar-refractivity contribution in [2.24, 2.45) is 0 Å². The maximum atomic E-state index is 14.0. The van der Waals surface area contributed by atoms with Crippen LogP contribution in [0.15, 0.2) is 77.3 Å². The van der Waals surface area contributed by atoms with E-state index in [1.807, 2.05) is 18.5 Å². The van der Waals surface area contributed by atoms with Gasteiger partial charge in [-0.15, -0.1) is 0 Å². The first-order chi connectivity index (χ1) is 15.5. The number of allylic oxidation sites excluding steroid dienone is 5. The topological polar surface area (TPSA) is 53.9 Å². The number of fused-ring (bicyclic) bond motifs is 1. The van der Waals surface area contributed by atoms with Gasteiger partial charge in [-0.2, -0.15) is 0 Å². The van der Waals surface area contributed by atoms with Gasteiger partial charge in [-0.05, 0) is 68.0 Å². The Kier molecular flexibility index (Phi) is 6.40. The lowest BCUT2D eigenvalue weighted by Crippen LogP contribution is -2.29. The summed E-state index contributed by atoms with van der Waals surface area (Å²) >= 11 is 0. The second-order valence-corrected chi connectivity index (χ2v) is 8.49. The Morgan fingerprint density at radius 3 is 2.72 bits per heavy atom. The van der Waals surface area contributed by atoms with Crippen molar-refractivity contribution < 1.29 is 4.39 Å². The summed E-state index contributed by atoms with van der Waals surface area (Å²) in [6, 6.07) is 5.69. The third kappa shape index (κ3) is 4.59. The highest BCUT2D eigenvalue weighted by atomic mass is 19.1. The van der Waals surface area contributed by atoms with Gasteiger partial charge in [0.25, 0.3) is 5.56 Å². The predicted octanol–water partition coefficient (Wildman–Crippen LogP) is 5.76. The van der Waals surface area contributed by atoms with Gasteiger partial charge < -0.3 is 14.5 Å². The Hall–Kier alpha value is -3.41. The van der Waals surface area contributed by atoms with E-state index in [0.29, 0.717) is 11.1 Å². The first kappa shape index (κ1) is 21.8. The lowest BCUT2D eigenvalue weighted by Gasteiger charge is -2.28. The van der Waals surface area contributed by atoms with Gasteiger partial charge >= 0.3 is 0 Å². The van der Waals surface area contributed by atoms with Crippen molar-refractivity contribution in [3.8, 4) is 11.1 Å². The number of rotatable bonds is 6. The molecule has 6 heteroatoms. The Morgan fingerprint density at radius 2 is 2.03 bits per heavy atom. The molecule has 1 fully saturated rings. The number of aromatic amines is 1. The number of nitrogens with zero attached hydrogens (tertiary/aromatic N) is 3. The van der Waals surface area contributed by atoms with Gasteiger partial charge in [0.1, 0.15) is 11.5 Å². The Morgan fingerprint density at radius 1 is 1.25 bits per heavy atom. The monoisotopic (exact) mass is 432 g/mol. The van der Waals surface area contributed by atoms with Gasteiger partial charge in [0.15, 0.2) is 0 Å². The highest BCUT2D eigenvalue weighted by molar-refractivity contribution is 5.95. The fourth-order valence-electron chi connectivity index (χ4n) is 4.04. The van der Waals surface area contributed by atoms with Crippen LogP contribution in [0, 0.1) is 0 Å². The van der Waals surface area contributed by atoms with Crippen LogP contribution in [0.2, 0.25) is 0 Å². The van der Waals surface area contributed by atoms with E-state index in [2.05, 4.69) is 27.5 Å². The predicted molar refractivity (Wildman–Crippen MR) is 130 cm³/mol. The maximum Gasteiger partial charge on any atom is 0.251 e. The summed E-state index contributed by atoms with van der Waals surface area (Å²) in [5.41, 5.74) is 4.78. The van der Waals surface area contributed by atoms with Crippen molar-refractivity contribution in [1.82, 2.24) is 14.5 Å². The van der Waals surface area contributed by atoms with Gasteiger partial charge in [-0.3, -0.25) is 4.79 Å². The van der Waals surface area contributed by atoms with Crippen molar-refractivity contribution in [1.29, 1.82) is 0 Å². The van der Waals surface area contributed by atoms with Crippen molar-refractivity contribution in [2.75, 3.05) is 18.0 Å². The molecule has 1 N–H and O–H groups in total. The molecule has 0 spiro atoms. The number of nitrogens with one attached hydrogen (secondary N) is 1. The van der Waals surface area contributed by atoms with Crippen LogP contribution in [-0.4, -0.2) is 27.6 Å². The highest BCUT2D eigenvalue weighted by Gasteiger charge is 2.15. The molecular formula is C26H29FN4O. The summed E-state index contributed by atoms with van der Waals surface area (Å²) < 4.78 is 15.5. The molecule has 0 unspecified atom stereocenters. The highest BCUT2D eigenvalue weighted by Crippen LogP contribution is 2.30. The fraction of sp³-hybridized carbons (Fsp3) is 0.308. The van der Waals surface area contributed by atoms with E-state index < -0.39 is 0 Å². The lowest BCUT2D eigenvalue weighted by molar-refractivity contribution is 0.577. The molecule has 3 aromatic rings. The zero-order valence-corrected chi connectivity index (χ0v) is 18.7. The summed E-state index contributed by atoms with van der Waals surface area (Å²) in [7, 11) is 0. The molecule has 0 amide bonds. The van der Waals surface area contributed by atoms with Crippen LogP contribution >= 0.6 is 0 Å². The minimum absolute atomic E-state index is 0.151. The zero-order valence-electron chi connectivity index (χ0n) is 18.7.